The fourth-order valence-electron chi connectivity index (χ4n) is 2.20. The van der Waals surface area contributed by atoms with E-state index in [9.17, 15) is 18.0 Å². The number of benzene rings is 1. The molecule has 2 aromatic rings. The molecule has 24 heavy (non-hydrogen) atoms. The summed E-state index contributed by atoms with van der Waals surface area (Å²) < 4.78 is 40.9. The molecule has 0 aliphatic carbocycles. The molecule has 3 N–H and O–H groups in total. The fourth-order valence-corrected chi connectivity index (χ4v) is 2.32. The van der Waals surface area contributed by atoms with Crippen LogP contribution in [-0.4, -0.2) is 23.6 Å². The maximum Gasteiger partial charge on any atom is 0.464 e. The molecule has 3 rings (SSSR count). The van der Waals surface area contributed by atoms with Gasteiger partial charge < -0.3 is 5.32 Å². The van der Waals surface area contributed by atoms with Gasteiger partial charge in [-0.2, -0.15) is 13.2 Å². The van der Waals surface area contributed by atoms with Crippen LogP contribution in [0, 0.1) is 0 Å². The van der Waals surface area contributed by atoms with Crippen LogP contribution in [0.2, 0.25) is 5.02 Å². The summed E-state index contributed by atoms with van der Waals surface area (Å²) >= 11 is 5.70. The van der Waals surface area contributed by atoms with Crippen molar-refractivity contribution < 1.29 is 22.9 Å². The van der Waals surface area contributed by atoms with E-state index in [0.29, 0.717) is 10.6 Å². The average Bonchev–Trinajstić information content (AvgIpc) is 2.88. The smallest absolute Gasteiger partial charge is 0.304 e. The number of carbonyl (C=O) groups excluding carboxylic acids is 1. The highest BCUT2D eigenvalue weighted by Gasteiger charge is 2.68. The molecule has 0 unspecified atom stereocenters. The van der Waals surface area contributed by atoms with Crippen molar-refractivity contribution in [1.29, 1.82) is 0 Å². The number of aromatic nitrogens is 1. The molecular weight excluding hydrogens is 345 g/mol. The van der Waals surface area contributed by atoms with E-state index in [0.717, 1.165) is 0 Å². The molecule has 2 heterocycles. The Kier molecular flexibility index (Phi) is 3.92. The van der Waals surface area contributed by atoms with Crippen LogP contribution in [0.3, 0.4) is 0 Å². The van der Waals surface area contributed by atoms with Gasteiger partial charge in [-0.3, -0.25) is 4.79 Å². The number of hydrogen-bond donors (Lipinski definition) is 2. The molecule has 9 heteroatoms. The first-order valence-electron chi connectivity index (χ1n) is 6.81. The lowest BCUT2D eigenvalue weighted by atomic mass is 10.1. The van der Waals surface area contributed by atoms with Gasteiger partial charge in [-0.25, -0.2) is 15.3 Å². The predicted octanol–water partition coefficient (Wildman–Crippen LogP) is 2.40. The van der Waals surface area contributed by atoms with Gasteiger partial charge in [-0.05, 0) is 6.07 Å². The van der Waals surface area contributed by atoms with Gasteiger partial charge in [0.25, 0.3) is 5.82 Å². The van der Waals surface area contributed by atoms with Crippen molar-refractivity contribution in [3.63, 3.8) is 0 Å². The van der Waals surface area contributed by atoms with Gasteiger partial charge in [0.1, 0.15) is 12.0 Å². The first-order chi connectivity index (χ1) is 11.3. The van der Waals surface area contributed by atoms with E-state index in [2.05, 4.69) is 20.6 Å². The topological polar surface area (TPSA) is 67.6 Å². The molecule has 0 saturated heterocycles. The number of aromatic amines is 1. The molecule has 0 spiro atoms. The third-order valence-electron chi connectivity index (χ3n) is 3.39. The van der Waals surface area contributed by atoms with Crippen molar-refractivity contribution in [3.8, 4) is 0 Å². The van der Waals surface area contributed by atoms with Gasteiger partial charge in [0, 0.05) is 11.6 Å². The standard InChI is InChI=1S/C15H10ClF3N4O/c16-10-6-7-11(20-8-10)22-14(15(17,18)19)13(24)21-12(23-14)9-4-2-1-3-5-9/h1-8H,(H,20,22)(H,21,23,24)/p+1/t14-/m1/s1. The highest BCUT2D eigenvalue weighted by atomic mass is 35.5. The molecule has 1 aliphatic heterocycles. The van der Waals surface area contributed by atoms with Crippen molar-refractivity contribution in [2.45, 2.75) is 11.8 Å². The predicted molar refractivity (Wildman–Crippen MR) is 81.5 cm³/mol. The quantitative estimate of drug-likeness (QED) is 0.887. The number of anilines is 1. The molecule has 1 atom stereocenters. The Bertz CT molecular complexity index is 793. The van der Waals surface area contributed by atoms with Crippen LogP contribution >= 0.6 is 11.6 Å². The minimum Gasteiger partial charge on any atom is -0.304 e. The molecule has 0 saturated carbocycles. The van der Waals surface area contributed by atoms with E-state index >= 15 is 0 Å². The summed E-state index contributed by atoms with van der Waals surface area (Å²) in [4.78, 5) is 18.3. The Hall–Kier alpha value is -2.61. The van der Waals surface area contributed by atoms with Crippen LogP contribution in [0.15, 0.2) is 53.7 Å². The molecule has 1 aliphatic rings. The normalized spacial score (nSPS) is 20.5. The van der Waals surface area contributed by atoms with E-state index in [1.165, 1.54) is 18.3 Å². The minimum absolute atomic E-state index is 0.0510. The second-order valence-electron chi connectivity index (χ2n) is 5.03. The van der Waals surface area contributed by atoms with Crippen LogP contribution in [-0.2, 0) is 4.79 Å². The Morgan fingerprint density at radius 3 is 2.46 bits per heavy atom. The molecule has 1 aromatic heterocycles. The molecule has 1 amide bonds. The lowest BCUT2D eigenvalue weighted by molar-refractivity contribution is -0.362. The van der Waals surface area contributed by atoms with Gasteiger partial charge in [-0.15, -0.1) is 0 Å². The molecule has 0 radical (unpaired) electrons. The SMILES string of the molecule is O=C1NC(c2ccccc2)=N[C@@]1(Nc1ccc(Cl)c[nH+]1)C(F)(F)F. The number of nitrogens with zero attached hydrogens (tertiary/aromatic N) is 1. The number of amidine groups is 1. The molecule has 124 valence electrons. The summed E-state index contributed by atoms with van der Waals surface area (Å²) in [6, 6.07) is 10.8. The summed E-state index contributed by atoms with van der Waals surface area (Å²) in [7, 11) is 0. The Balaban J connectivity index is 2.04. The van der Waals surface area contributed by atoms with Crippen LogP contribution in [0.5, 0.6) is 0 Å². The summed E-state index contributed by atoms with van der Waals surface area (Å²) in [5.41, 5.74) is -2.75. The number of halogens is 4. The van der Waals surface area contributed by atoms with E-state index < -0.39 is 17.7 Å². The van der Waals surface area contributed by atoms with Crippen molar-refractivity contribution in [2.75, 3.05) is 5.32 Å². The maximum absolute atomic E-state index is 13.6. The Morgan fingerprint density at radius 1 is 1.17 bits per heavy atom. The summed E-state index contributed by atoms with van der Waals surface area (Å²) in [5.74, 6) is -1.51. The monoisotopic (exact) mass is 355 g/mol. The third kappa shape index (κ3) is 2.80. The molecular formula is C15H11ClF3N4O+. The molecule has 0 bridgehead atoms. The van der Waals surface area contributed by atoms with E-state index in [4.69, 9.17) is 11.6 Å². The number of pyridine rings is 1. The number of amides is 1. The minimum atomic E-state index is -4.96. The van der Waals surface area contributed by atoms with Crippen molar-refractivity contribution in [2.24, 2.45) is 4.99 Å². The van der Waals surface area contributed by atoms with Crippen LogP contribution in [0.25, 0.3) is 0 Å². The second kappa shape index (κ2) is 5.79. The highest BCUT2D eigenvalue weighted by molar-refractivity contribution is 6.30. The van der Waals surface area contributed by atoms with E-state index in [-0.39, 0.29) is 11.7 Å². The zero-order valence-corrected chi connectivity index (χ0v) is 12.7. The Morgan fingerprint density at radius 2 is 1.88 bits per heavy atom. The number of rotatable bonds is 3. The first kappa shape index (κ1) is 16.3. The number of aliphatic imine (C=N–C) groups is 1. The number of alkyl halides is 3. The van der Waals surface area contributed by atoms with Gasteiger partial charge >= 0.3 is 17.7 Å². The third-order valence-corrected chi connectivity index (χ3v) is 3.62. The number of H-pyrrole nitrogens is 1. The van der Waals surface area contributed by atoms with Crippen LogP contribution in [0.4, 0.5) is 19.0 Å². The second-order valence-corrected chi connectivity index (χ2v) is 5.47. The Labute approximate surface area is 139 Å². The molecule has 1 aromatic carbocycles. The van der Waals surface area contributed by atoms with Crippen LogP contribution in [0.1, 0.15) is 5.56 Å². The number of hydrogen-bond acceptors (Lipinski definition) is 3. The largest absolute Gasteiger partial charge is 0.464 e. The molecule has 5 nitrogen and oxygen atoms in total. The summed E-state index contributed by atoms with van der Waals surface area (Å²) in [6.07, 6.45) is -3.66. The van der Waals surface area contributed by atoms with Crippen molar-refractivity contribution >= 4 is 29.2 Å². The lowest BCUT2D eigenvalue weighted by Gasteiger charge is -2.22. The summed E-state index contributed by atoms with van der Waals surface area (Å²) in [6.45, 7) is 0. The zero-order chi connectivity index (χ0) is 17.4. The zero-order valence-electron chi connectivity index (χ0n) is 12.0. The van der Waals surface area contributed by atoms with E-state index in [1.54, 1.807) is 30.3 Å². The van der Waals surface area contributed by atoms with Gasteiger partial charge in [0.05, 0.1) is 5.02 Å². The fraction of sp³-hybridized carbons (Fsp3) is 0.133. The first-order valence-corrected chi connectivity index (χ1v) is 7.18. The summed E-state index contributed by atoms with van der Waals surface area (Å²) in [5, 5.41) is 4.63. The van der Waals surface area contributed by atoms with Crippen molar-refractivity contribution in [1.82, 2.24) is 5.32 Å². The number of carbonyl (C=O) groups is 1. The lowest BCUT2D eigenvalue weighted by Crippen LogP contribution is -2.57. The highest BCUT2D eigenvalue weighted by Crippen LogP contribution is 2.37. The van der Waals surface area contributed by atoms with Gasteiger partial charge in [0.2, 0.25) is 0 Å². The van der Waals surface area contributed by atoms with Crippen LogP contribution < -0.4 is 15.6 Å². The van der Waals surface area contributed by atoms with Gasteiger partial charge in [0.15, 0.2) is 0 Å². The average molecular weight is 356 g/mol. The van der Waals surface area contributed by atoms with Gasteiger partial charge in [-0.1, -0.05) is 41.9 Å². The molecule has 0 fully saturated rings. The van der Waals surface area contributed by atoms with E-state index in [1.807, 2.05) is 0 Å². The maximum atomic E-state index is 13.6. The number of nitrogens with one attached hydrogen (secondary N) is 3. The van der Waals surface area contributed by atoms with Crippen molar-refractivity contribution in [3.05, 3.63) is 59.2 Å².